The number of phenolic OH excluding ortho intramolecular Hbond substituents is 1. The minimum atomic E-state index is -1.11. The highest BCUT2D eigenvalue weighted by Gasteiger charge is 2.35. The van der Waals surface area contributed by atoms with Crippen LogP contribution in [-0.2, 0) is 16.0 Å². The molecule has 0 aliphatic heterocycles. The van der Waals surface area contributed by atoms with E-state index in [4.69, 9.17) is 51.1 Å². The van der Waals surface area contributed by atoms with Gasteiger partial charge in [-0.15, -0.1) is 0 Å². The maximum Gasteiger partial charge on any atom is 0.319 e. The van der Waals surface area contributed by atoms with Gasteiger partial charge >= 0.3 is 11.9 Å². The summed E-state index contributed by atoms with van der Waals surface area (Å²) in [5.74, 6) is -3.72. The number of nitrogens with zero attached hydrogens (tertiary/aromatic N) is 2. The van der Waals surface area contributed by atoms with Gasteiger partial charge in [-0.2, -0.15) is 0 Å². The summed E-state index contributed by atoms with van der Waals surface area (Å²) in [7, 11) is 0. The van der Waals surface area contributed by atoms with E-state index in [0.29, 0.717) is 55.8 Å². The fourth-order valence-corrected chi connectivity index (χ4v) is 7.41. The Bertz CT molecular complexity index is 2500. The van der Waals surface area contributed by atoms with Gasteiger partial charge in [0.25, 0.3) is 11.8 Å². The topological polar surface area (TPSA) is 128 Å². The van der Waals surface area contributed by atoms with Crippen molar-refractivity contribution >= 4 is 92.0 Å². The average Bonchev–Trinajstić information content (AvgIpc) is 3.54. The summed E-state index contributed by atoms with van der Waals surface area (Å²) in [6.45, 7) is 7.19. The number of halogens is 4. The van der Waals surface area contributed by atoms with E-state index in [-0.39, 0.29) is 43.6 Å². The molecular formula is C40H32Cl4N2O7. The number of aromatic nitrogens is 2. The normalized spacial score (nSPS) is 12.6. The van der Waals surface area contributed by atoms with E-state index in [1.807, 2.05) is 13.8 Å². The van der Waals surface area contributed by atoms with Crippen LogP contribution < -0.4 is 4.74 Å². The van der Waals surface area contributed by atoms with Gasteiger partial charge in [0.05, 0.1) is 43.5 Å². The Labute approximate surface area is 324 Å². The molecule has 0 amide bonds. The highest BCUT2D eigenvalue weighted by atomic mass is 35.5. The van der Waals surface area contributed by atoms with Crippen LogP contribution in [0.4, 0.5) is 0 Å². The Morgan fingerprint density at radius 2 is 1.26 bits per heavy atom. The van der Waals surface area contributed by atoms with Crippen LogP contribution in [0.1, 0.15) is 69.4 Å². The van der Waals surface area contributed by atoms with Gasteiger partial charge in [-0.3, -0.25) is 28.3 Å². The third kappa shape index (κ3) is 7.02. The average molecular weight is 795 g/mol. The lowest BCUT2D eigenvalue weighted by Crippen LogP contribution is -2.25. The zero-order valence-corrected chi connectivity index (χ0v) is 31.9. The molecule has 4 aromatic carbocycles. The number of carboxylic acid groups (broad SMARTS) is 1. The van der Waals surface area contributed by atoms with Gasteiger partial charge in [0.1, 0.15) is 11.5 Å². The van der Waals surface area contributed by atoms with Crippen molar-refractivity contribution in [1.29, 1.82) is 0 Å². The van der Waals surface area contributed by atoms with E-state index >= 15 is 0 Å². The van der Waals surface area contributed by atoms with Gasteiger partial charge < -0.3 is 14.9 Å². The van der Waals surface area contributed by atoms with Crippen molar-refractivity contribution in [3.8, 4) is 11.5 Å². The Balaban J connectivity index is 1.45. The maximum absolute atomic E-state index is 14.4. The van der Waals surface area contributed by atoms with Gasteiger partial charge in [-0.25, -0.2) is 0 Å². The molecule has 0 aliphatic rings. The summed E-state index contributed by atoms with van der Waals surface area (Å²) < 4.78 is 8.94. The standard InChI is InChI=1S/C40H32Cl4N2O7/c1-5-19(2)36(37-21(4)46(34-12-8-24(47)16-28(34)37)39(51)23-7-11-30(42)32(44)15-23)40(52)53-25-9-13-33-27(17-25)26(18-35(48)49)20(3)45(33)38(50)22-6-10-29(41)31(43)14-22/h6-17,19,36,47H,5,18H2,1-4H3,(H,48,49). The first-order chi connectivity index (χ1) is 25.1. The summed E-state index contributed by atoms with van der Waals surface area (Å²) in [5.41, 5.74) is 3.13. The third-order valence-electron chi connectivity index (χ3n) is 9.61. The molecule has 0 bridgehead atoms. The predicted molar refractivity (Wildman–Crippen MR) is 207 cm³/mol. The van der Waals surface area contributed by atoms with Crippen LogP contribution in [0.5, 0.6) is 11.5 Å². The molecule has 0 saturated heterocycles. The molecule has 2 N–H and O–H groups in total. The van der Waals surface area contributed by atoms with Crippen molar-refractivity contribution in [2.45, 2.75) is 46.5 Å². The fourth-order valence-electron chi connectivity index (χ4n) is 6.81. The number of carbonyl (C=O) groups is 4. The molecule has 2 atom stereocenters. The Morgan fingerprint density at radius 3 is 1.81 bits per heavy atom. The molecule has 2 heterocycles. The van der Waals surface area contributed by atoms with E-state index in [9.17, 15) is 29.4 Å². The van der Waals surface area contributed by atoms with E-state index in [1.165, 1.54) is 57.7 Å². The number of hydrogen-bond acceptors (Lipinski definition) is 6. The first kappa shape index (κ1) is 37.9. The molecule has 0 fully saturated rings. The van der Waals surface area contributed by atoms with Crippen LogP contribution >= 0.6 is 46.4 Å². The monoisotopic (exact) mass is 792 g/mol. The van der Waals surface area contributed by atoms with Crippen molar-refractivity contribution in [2.75, 3.05) is 0 Å². The number of aliphatic carboxylic acids is 1. The number of carboxylic acids is 1. The second-order valence-electron chi connectivity index (χ2n) is 12.8. The number of carbonyl (C=O) groups excluding carboxylic acids is 3. The third-order valence-corrected chi connectivity index (χ3v) is 11.1. The minimum absolute atomic E-state index is 0.0548. The lowest BCUT2D eigenvalue weighted by Gasteiger charge is -2.22. The Morgan fingerprint density at radius 1 is 0.717 bits per heavy atom. The molecule has 2 unspecified atom stereocenters. The molecule has 13 heteroatoms. The molecule has 0 aliphatic carbocycles. The SMILES string of the molecule is CCC(C)C(C(=O)Oc1ccc2c(c1)c(CC(=O)O)c(C)n2C(=O)c1ccc(Cl)c(Cl)c1)c1c(C)n(C(=O)c2ccc(Cl)c(Cl)c2)c2ccc(O)cc12. The van der Waals surface area contributed by atoms with Crippen molar-refractivity contribution in [3.05, 3.63) is 127 Å². The highest BCUT2D eigenvalue weighted by molar-refractivity contribution is 6.42. The van der Waals surface area contributed by atoms with Gasteiger partial charge in [0, 0.05) is 33.3 Å². The van der Waals surface area contributed by atoms with Crippen molar-refractivity contribution in [3.63, 3.8) is 0 Å². The van der Waals surface area contributed by atoms with Crippen molar-refractivity contribution in [1.82, 2.24) is 9.13 Å². The first-order valence-electron chi connectivity index (χ1n) is 16.5. The molecule has 0 radical (unpaired) electrons. The van der Waals surface area contributed by atoms with Crippen LogP contribution in [0.15, 0.2) is 72.8 Å². The zero-order valence-electron chi connectivity index (χ0n) is 28.8. The predicted octanol–water partition coefficient (Wildman–Crippen LogP) is 10.3. The van der Waals surface area contributed by atoms with Crippen LogP contribution in [0.3, 0.4) is 0 Å². The van der Waals surface area contributed by atoms with Gasteiger partial charge in [-0.05, 0) is 104 Å². The molecular weight excluding hydrogens is 762 g/mol. The van der Waals surface area contributed by atoms with Gasteiger partial charge in [-0.1, -0.05) is 66.7 Å². The van der Waals surface area contributed by atoms with E-state index in [0.717, 1.165) is 0 Å². The summed E-state index contributed by atoms with van der Waals surface area (Å²) in [4.78, 5) is 54.1. The largest absolute Gasteiger partial charge is 0.508 e. The van der Waals surface area contributed by atoms with E-state index in [1.54, 1.807) is 38.1 Å². The van der Waals surface area contributed by atoms with Crippen LogP contribution in [-0.4, -0.2) is 43.1 Å². The number of hydrogen-bond donors (Lipinski definition) is 2. The first-order valence-corrected chi connectivity index (χ1v) is 18.0. The van der Waals surface area contributed by atoms with E-state index < -0.39 is 36.1 Å². The second kappa shape index (κ2) is 14.9. The van der Waals surface area contributed by atoms with Gasteiger partial charge in [0.15, 0.2) is 0 Å². The van der Waals surface area contributed by atoms with Crippen LogP contribution in [0.25, 0.3) is 21.8 Å². The molecule has 272 valence electrons. The second-order valence-corrected chi connectivity index (χ2v) is 14.5. The van der Waals surface area contributed by atoms with Crippen LogP contribution in [0.2, 0.25) is 20.1 Å². The fraction of sp³-hybridized carbons (Fsp3) is 0.200. The maximum atomic E-state index is 14.4. The number of phenols is 1. The van der Waals surface area contributed by atoms with E-state index in [2.05, 4.69) is 0 Å². The summed E-state index contributed by atoms with van der Waals surface area (Å²) in [6.07, 6.45) is 0.165. The summed E-state index contributed by atoms with van der Waals surface area (Å²) in [6, 6.07) is 18.3. The number of aromatic hydroxyl groups is 1. The molecule has 6 rings (SSSR count). The number of ether oxygens (including phenoxy) is 1. The molecule has 0 saturated carbocycles. The summed E-state index contributed by atoms with van der Waals surface area (Å²) in [5, 5.41) is 22.2. The zero-order chi connectivity index (χ0) is 38.5. The van der Waals surface area contributed by atoms with Crippen molar-refractivity contribution < 1.29 is 34.1 Å². The van der Waals surface area contributed by atoms with Gasteiger partial charge in [0.2, 0.25) is 0 Å². The molecule has 6 aromatic rings. The molecule has 53 heavy (non-hydrogen) atoms. The highest BCUT2D eigenvalue weighted by Crippen LogP contribution is 2.40. The quantitative estimate of drug-likeness (QED) is 0.110. The lowest BCUT2D eigenvalue weighted by atomic mass is 9.84. The van der Waals surface area contributed by atoms with Crippen molar-refractivity contribution in [2.24, 2.45) is 5.92 Å². The summed E-state index contributed by atoms with van der Waals surface area (Å²) >= 11 is 24.6. The Kier molecular flexibility index (Phi) is 10.7. The molecule has 0 spiro atoms. The smallest absolute Gasteiger partial charge is 0.319 e. The molecule has 2 aromatic heterocycles. The van der Waals surface area contributed by atoms with Crippen LogP contribution in [0, 0.1) is 19.8 Å². The number of esters is 1. The number of benzene rings is 4. The number of rotatable bonds is 9. The Hall–Kier alpha value is -4.80. The lowest BCUT2D eigenvalue weighted by molar-refractivity contribution is -0.138. The molecule has 9 nitrogen and oxygen atoms in total. The minimum Gasteiger partial charge on any atom is -0.508 e. The number of fused-ring (bicyclic) bond motifs is 2.